The van der Waals surface area contributed by atoms with Gasteiger partial charge in [0, 0.05) is 5.41 Å². The van der Waals surface area contributed by atoms with Crippen LogP contribution >= 0.6 is 11.3 Å². The zero-order valence-corrected chi connectivity index (χ0v) is 11.9. The largest absolute Gasteiger partial charge is 0.339 e. The molecule has 102 valence electrons. The molecule has 0 aliphatic heterocycles. The fraction of sp³-hybridized carbons (Fsp3) is 0.417. The molecule has 0 aliphatic rings. The van der Waals surface area contributed by atoms with Gasteiger partial charge in [-0.2, -0.15) is 4.98 Å². The monoisotopic (exact) mass is 280 g/mol. The van der Waals surface area contributed by atoms with Gasteiger partial charge in [-0.15, -0.1) is 11.3 Å². The number of rotatable bonds is 3. The van der Waals surface area contributed by atoms with Gasteiger partial charge in [-0.05, 0) is 17.5 Å². The normalized spacial score (nSPS) is 11.3. The molecule has 0 saturated heterocycles. The number of nitrogens with one attached hydrogen (secondary N) is 2. The number of hydrogen-bond donors (Lipinski definition) is 2. The molecular weight excluding hydrogens is 264 g/mol. The number of nitrogens with zero attached hydrogens (tertiary/aromatic N) is 2. The molecule has 0 fully saturated rings. The molecule has 0 saturated carbocycles. The Balaban J connectivity index is 1.85. The van der Waals surface area contributed by atoms with E-state index in [2.05, 4.69) is 20.8 Å². The fourth-order valence-corrected chi connectivity index (χ4v) is 1.91. The molecular formula is C12H16N4O2S. The van der Waals surface area contributed by atoms with E-state index in [0.717, 1.165) is 5.00 Å². The molecule has 2 aromatic heterocycles. The molecule has 2 rings (SSSR count). The minimum Gasteiger partial charge on any atom is -0.339 e. The minimum atomic E-state index is -0.287. The quantitative estimate of drug-likeness (QED) is 0.906. The van der Waals surface area contributed by atoms with Crippen LogP contribution in [0.2, 0.25) is 0 Å². The van der Waals surface area contributed by atoms with Crippen molar-refractivity contribution in [2.75, 3.05) is 5.32 Å². The predicted molar refractivity (Wildman–Crippen MR) is 73.2 cm³/mol. The maximum Gasteiger partial charge on any atom is 0.320 e. The number of aromatic nitrogens is 2. The van der Waals surface area contributed by atoms with Crippen LogP contribution in [0.4, 0.5) is 9.80 Å². The van der Waals surface area contributed by atoms with Crippen molar-refractivity contribution in [3.63, 3.8) is 0 Å². The van der Waals surface area contributed by atoms with Crippen LogP contribution in [0.15, 0.2) is 22.0 Å². The molecule has 2 aromatic rings. The Hall–Kier alpha value is -1.89. The van der Waals surface area contributed by atoms with Crippen molar-refractivity contribution >= 4 is 22.4 Å². The number of hydrogen-bond acceptors (Lipinski definition) is 5. The second-order valence-corrected chi connectivity index (χ2v) is 6.00. The van der Waals surface area contributed by atoms with Gasteiger partial charge >= 0.3 is 6.03 Å². The molecule has 7 heteroatoms. The van der Waals surface area contributed by atoms with Crippen LogP contribution in [0, 0.1) is 0 Å². The lowest BCUT2D eigenvalue weighted by Crippen LogP contribution is -2.28. The second-order valence-electron chi connectivity index (χ2n) is 5.05. The van der Waals surface area contributed by atoms with Crippen LogP contribution < -0.4 is 10.6 Å². The Labute approximate surface area is 115 Å². The van der Waals surface area contributed by atoms with Crippen LogP contribution in [-0.4, -0.2) is 16.2 Å². The van der Waals surface area contributed by atoms with E-state index in [1.807, 2.05) is 38.3 Å². The average molecular weight is 280 g/mol. The lowest BCUT2D eigenvalue weighted by atomic mass is 9.97. The molecule has 0 bridgehead atoms. The van der Waals surface area contributed by atoms with E-state index < -0.39 is 0 Å². The molecule has 2 N–H and O–H groups in total. The highest BCUT2D eigenvalue weighted by atomic mass is 32.1. The zero-order chi connectivity index (χ0) is 13.9. The first kappa shape index (κ1) is 13.5. The zero-order valence-electron chi connectivity index (χ0n) is 11.1. The van der Waals surface area contributed by atoms with Gasteiger partial charge in [-0.1, -0.05) is 25.9 Å². The Kier molecular flexibility index (Phi) is 3.84. The van der Waals surface area contributed by atoms with Gasteiger partial charge in [0.2, 0.25) is 5.89 Å². The molecule has 0 atom stereocenters. The first-order valence-corrected chi connectivity index (χ1v) is 6.74. The molecule has 0 aromatic carbocycles. The van der Waals surface area contributed by atoms with Crippen molar-refractivity contribution in [3.05, 3.63) is 29.2 Å². The van der Waals surface area contributed by atoms with Gasteiger partial charge < -0.3 is 9.84 Å². The van der Waals surface area contributed by atoms with Gasteiger partial charge in [0.1, 0.15) is 0 Å². The summed E-state index contributed by atoms with van der Waals surface area (Å²) in [4.78, 5) is 15.8. The summed E-state index contributed by atoms with van der Waals surface area (Å²) in [5.41, 5.74) is -0.190. The predicted octanol–water partition coefficient (Wildman–Crippen LogP) is 2.75. The second kappa shape index (κ2) is 5.40. The van der Waals surface area contributed by atoms with Gasteiger partial charge in [-0.25, -0.2) is 4.79 Å². The Morgan fingerprint density at radius 3 is 2.84 bits per heavy atom. The van der Waals surface area contributed by atoms with Crippen molar-refractivity contribution in [2.45, 2.75) is 32.7 Å². The number of urea groups is 1. The highest BCUT2D eigenvalue weighted by molar-refractivity contribution is 7.14. The summed E-state index contributed by atoms with van der Waals surface area (Å²) in [5, 5.41) is 11.9. The number of carbonyl (C=O) groups is 1. The Morgan fingerprint density at radius 1 is 1.47 bits per heavy atom. The molecule has 2 heterocycles. The number of amides is 2. The van der Waals surface area contributed by atoms with E-state index >= 15 is 0 Å². The van der Waals surface area contributed by atoms with E-state index in [0.29, 0.717) is 11.7 Å². The van der Waals surface area contributed by atoms with Crippen LogP contribution in [0.25, 0.3) is 0 Å². The Morgan fingerprint density at radius 2 is 2.26 bits per heavy atom. The number of thiophene rings is 1. The molecule has 0 unspecified atom stereocenters. The molecule has 0 aliphatic carbocycles. The van der Waals surface area contributed by atoms with E-state index in [1.54, 1.807) is 0 Å². The highest BCUT2D eigenvalue weighted by Crippen LogP contribution is 2.19. The van der Waals surface area contributed by atoms with Crippen LogP contribution in [0.3, 0.4) is 0 Å². The highest BCUT2D eigenvalue weighted by Gasteiger charge is 2.21. The van der Waals surface area contributed by atoms with Gasteiger partial charge in [-0.3, -0.25) is 5.32 Å². The summed E-state index contributed by atoms with van der Waals surface area (Å²) in [7, 11) is 0. The summed E-state index contributed by atoms with van der Waals surface area (Å²) >= 11 is 1.46. The summed E-state index contributed by atoms with van der Waals surface area (Å²) < 4.78 is 5.14. The third-order valence-electron chi connectivity index (χ3n) is 2.27. The minimum absolute atomic E-state index is 0.190. The van der Waals surface area contributed by atoms with Crippen molar-refractivity contribution in [1.82, 2.24) is 15.5 Å². The Bertz CT molecular complexity index is 542. The van der Waals surface area contributed by atoms with Crippen LogP contribution in [0.5, 0.6) is 0 Å². The molecule has 6 nitrogen and oxygen atoms in total. The van der Waals surface area contributed by atoms with Crippen LogP contribution in [0.1, 0.15) is 32.5 Å². The smallest absolute Gasteiger partial charge is 0.320 e. The number of anilines is 1. The van der Waals surface area contributed by atoms with E-state index in [-0.39, 0.29) is 18.0 Å². The SMILES string of the molecule is CC(C)(C)c1nc(CNC(=O)Nc2cccs2)no1. The average Bonchev–Trinajstić information content (AvgIpc) is 2.95. The summed E-state index contributed by atoms with van der Waals surface area (Å²) in [5.74, 6) is 1.02. The van der Waals surface area contributed by atoms with Gasteiger partial charge in [0.05, 0.1) is 11.5 Å². The fourth-order valence-electron chi connectivity index (χ4n) is 1.30. The molecule has 0 radical (unpaired) electrons. The first-order valence-electron chi connectivity index (χ1n) is 5.86. The lowest BCUT2D eigenvalue weighted by molar-refractivity contribution is 0.251. The van der Waals surface area contributed by atoms with Crippen molar-refractivity contribution in [3.8, 4) is 0 Å². The summed E-state index contributed by atoms with van der Waals surface area (Å²) in [6, 6.07) is 3.41. The van der Waals surface area contributed by atoms with Crippen molar-refractivity contribution in [1.29, 1.82) is 0 Å². The first-order chi connectivity index (χ1) is 8.95. The third kappa shape index (κ3) is 3.78. The standard InChI is InChI=1S/C12H16N4O2S/c1-12(2,3)10-14-8(16-18-10)7-13-11(17)15-9-5-4-6-19-9/h4-6H,7H2,1-3H3,(H2,13,15,17). The third-order valence-corrected chi connectivity index (χ3v) is 3.06. The lowest BCUT2D eigenvalue weighted by Gasteiger charge is -2.10. The van der Waals surface area contributed by atoms with Gasteiger partial charge in [0.15, 0.2) is 5.82 Å². The molecule has 0 spiro atoms. The van der Waals surface area contributed by atoms with E-state index in [9.17, 15) is 4.79 Å². The van der Waals surface area contributed by atoms with Crippen LogP contribution in [-0.2, 0) is 12.0 Å². The maximum atomic E-state index is 11.6. The molecule has 19 heavy (non-hydrogen) atoms. The van der Waals surface area contributed by atoms with Crippen molar-refractivity contribution < 1.29 is 9.32 Å². The van der Waals surface area contributed by atoms with E-state index in [4.69, 9.17) is 4.52 Å². The van der Waals surface area contributed by atoms with Gasteiger partial charge in [0.25, 0.3) is 0 Å². The summed E-state index contributed by atoms with van der Waals surface area (Å²) in [6.07, 6.45) is 0. The van der Waals surface area contributed by atoms with E-state index in [1.165, 1.54) is 11.3 Å². The summed E-state index contributed by atoms with van der Waals surface area (Å²) in [6.45, 7) is 6.19. The van der Waals surface area contributed by atoms with Crippen molar-refractivity contribution in [2.24, 2.45) is 0 Å². The topological polar surface area (TPSA) is 80.0 Å². The number of carbonyl (C=O) groups excluding carboxylic acids is 1. The maximum absolute atomic E-state index is 11.6. The molecule has 2 amide bonds.